The smallest absolute Gasteiger partial charge is 0.150 e. The Kier molecular flexibility index (Phi) is 2.07. The quantitative estimate of drug-likeness (QED) is 0.662. The zero-order chi connectivity index (χ0) is 11.0. The molecule has 0 radical (unpaired) electrons. The zero-order valence-corrected chi connectivity index (χ0v) is 9.18. The molecule has 0 saturated carbocycles. The fourth-order valence-electron chi connectivity index (χ4n) is 2.05. The van der Waals surface area contributed by atoms with Gasteiger partial charge in [0.2, 0.25) is 0 Å². The van der Waals surface area contributed by atoms with Crippen LogP contribution in [-0.2, 0) is 6.54 Å². The summed E-state index contributed by atoms with van der Waals surface area (Å²) in [5.41, 5.74) is 2.36. The van der Waals surface area contributed by atoms with Gasteiger partial charge in [-0.3, -0.25) is 0 Å². The lowest BCUT2D eigenvalue weighted by Crippen LogP contribution is -2.14. The van der Waals surface area contributed by atoms with E-state index in [2.05, 4.69) is 24.1 Å². The average Bonchev–Trinajstić information content (AvgIpc) is 2.45. The van der Waals surface area contributed by atoms with E-state index in [-0.39, 0.29) is 0 Å². The fourth-order valence-corrected chi connectivity index (χ4v) is 2.05. The summed E-state index contributed by atoms with van der Waals surface area (Å²) in [5.74, 6) is 1.88. The topological polar surface area (TPSA) is 12.5 Å². The molecule has 0 amide bonds. The summed E-state index contributed by atoms with van der Waals surface area (Å²) in [6.07, 6.45) is 0. The van der Waals surface area contributed by atoms with E-state index >= 15 is 0 Å². The normalized spacial score (nSPS) is 13.4. The van der Waals surface area contributed by atoms with Crippen LogP contribution in [0.2, 0.25) is 0 Å². The van der Waals surface area contributed by atoms with Crippen molar-refractivity contribution in [1.82, 2.24) is 0 Å². The molecule has 1 aliphatic rings. The Bertz CT molecular complexity index is 522. The molecule has 16 heavy (non-hydrogen) atoms. The highest BCUT2D eigenvalue weighted by Gasteiger charge is 2.16. The summed E-state index contributed by atoms with van der Waals surface area (Å²) < 4.78 is 5.93. The van der Waals surface area contributed by atoms with E-state index < -0.39 is 0 Å². The van der Waals surface area contributed by atoms with Gasteiger partial charge in [-0.2, -0.15) is 0 Å². The lowest BCUT2D eigenvalue weighted by molar-refractivity contribution is 0.484. The van der Waals surface area contributed by atoms with Crippen LogP contribution in [0.3, 0.4) is 0 Å². The van der Waals surface area contributed by atoms with Gasteiger partial charge < -0.3 is 9.64 Å². The van der Waals surface area contributed by atoms with Crippen LogP contribution in [0.1, 0.15) is 5.56 Å². The minimum absolute atomic E-state index is 0.882. The summed E-state index contributed by atoms with van der Waals surface area (Å²) in [7, 11) is 2.09. The van der Waals surface area contributed by atoms with Crippen LogP contribution >= 0.6 is 0 Å². The summed E-state index contributed by atoms with van der Waals surface area (Å²) >= 11 is 0. The van der Waals surface area contributed by atoms with Gasteiger partial charge in [-0.1, -0.05) is 30.3 Å². The summed E-state index contributed by atoms with van der Waals surface area (Å²) in [6.45, 7) is 0.882. The van der Waals surface area contributed by atoms with Crippen LogP contribution in [0.15, 0.2) is 48.5 Å². The van der Waals surface area contributed by atoms with E-state index in [4.69, 9.17) is 4.74 Å². The molecular weight excluding hydrogens is 198 g/mol. The first-order chi connectivity index (χ1) is 7.84. The number of nitrogens with zero attached hydrogens (tertiary/aromatic N) is 1. The van der Waals surface area contributed by atoms with Gasteiger partial charge in [0, 0.05) is 19.2 Å². The highest BCUT2D eigenvalue weighted by molar-refractivity contribution is 5.61. The fraction of sp³-hybridized carbons (Fsp3) is 0.143. The molecule has 1 heterocycles. The maximum Gasteiger partial charge on any atom is 0.150 e. The number of hydrogen-bond acceptors (Lipinski definition) is 2. The van der Waals surface area contributed by atoms with Crippen molar-refractivity contribution in [3.63, 3.8) is 0 Å². The van der Waals surface area contributed by atoms with Crippen molar-refractivity contribution >= 4 is 5.69 Å². The summed E-state index contributed by atoms with van der Waals surface area (Å²) in [5, 5.41) is 0. The number of rotatable bonds is 0. The number of hydrogen-bond donors (Lipinski definition) is 0. The molecular formula is C14H13NO. The van der Waals surface area contributed by atoms with Crippen molar-refractivity contribution in [3.05, 3.63) is 54.1 Å². The van der Waals surface area contributed by atoms with Gasteiger partial charge in [0.1, 0.15) is 5.75 Å². The molecule has 2 nitrogen and oxygen atoms in total. The zero-order valence-electron chi connectivity index (χ0n) is 9.18. The van der Waals surface area contributed by atoms with Gasteiger partial charge in [0.05, 0.1) is 5.69 Å². The van der Waals surface area contributed by atoms with Gasteiger partial charge in [-0.05, 0) is 18.2 Å². The molecule has 3 rings (SSSR count). The van der Waals surface area contributed by atoms with E-state index in [1.807, 2.05) is 36.4 Å². The van der Waals surface area contributed by atoms with Gasteiger partial charge in [-0.25, -0.2) is 0 Å². The first-order valence-corrected chi connectivity index (χ1v) is 5.40. The molecule has 2 aromatic rings. The summed E-state index contributed by atoms with van der Waals surface area (Å²) in [6, 6.07) is 16.3. The number of para-hydroxylation sites is 3. The summed E-state index contributed by atoms with van der Waals surface area (Å²) in [4.78, 5) is 2.21. The second-order valence-corrected chi connectivity index (χ2v) is 4.03. The SMILES string of the molecule is CN1Cc2ccccc2Oc2ccccc21. The van der Waals surface area contributed by atoms with Crippen molar-refractivity contribution in [2.24, 2.45) is 0 Å². The molecule has 80 valence electrons. The molecule has 0 bridgehead atoms. The first kappa shape index (κ1) is 9.28. The Hall–Kier alpha value is -1.96. The number of benzene rings is 2. The van der Waals surface area contributed by atoms with Gasteiger partial charge >= 0.3 is 0 Å². The van der Waals surface area contributed by atoms with Crippen LogP contribution in [0.4, 0.5) is 5.69 Å². The Morgan fingerprint density at radius 3 is 2.50 bits per heavy atom. The largest absolute Gasteiger partial charge is 0.455 e. The molecule has 0 saturated heterocycles. The van der Waals surface area contributed by atoms with Crippen LogP contribution in [0.25, 0.3) is 0 Å². The highest BCUT2D eigenvalue weighted by Crippen LogP contribution is 2.37. The number of fused-ring (bicyclic) bond motifs is 2. The molecule has 2 aromatic carbocycles. The van der Waals surface area contributed by atoms with Gasteiger partial charge in [0.25, 0.3) is 0 Å². The lowest BCUT2D eigenvalue weighted by atomic mass is 10.2. The van der Waals surface area contributed by atoms with E-state index in [1.54, 1.807) is 0 Å². The Labute approximate surface area is 95.1 Å². The van der Waals surface area contributed by atoms with Crippen LogP contribution in [0, 0.1) is 0 Å². The molecule has 1 aliphatic heterocycles. The van der Waals surface area contributed by atoms with E-state index in [0.29, 0.717) is 0 Å². The minimum atomic E-state index is 0.882. The van der Waals surface area contributed by atoms with Crippen molar-refractivity contribution in [2.75, 3.05) is 11.9 Å². The molecule has 0 aliphatic carbocycles. The second-order valence-electron chi connectivity index (χ2n) is 4.03. The predicted molar refractivity (Wildman–Crippen MR) is 65.1 cm³/mol. The second kappa shape index (κ2) is 3.56. The molecule has 0 aromatic heterocycles. The third-order valence-electron chi connectivity index (χ3n) is 2.88. The third kappa shape index (κ3) is 1.43. The Morgan fingerprint density at radius 1 is 0.938 bits per heavy atom. The molecule has 0 unspecified atom stereocenters. The maximum atomic E-state index is 5.93. The number of anilines is 1. The third-order valence-corrected chi connectivity index (χ3v) is 2.88. The van der Waals surface area contributed by atoms with Crippen molar-refractivity contribution < 1.29 is 4.74 Å². The average molecular weight is 211 g/mol. The van der Waals surface area contributed by atoms with Crippen molar-refractivity contribution in [3.8, 4) is 11.5 Å². The van der Waals surface area contributed by atoms with Gasteiger partial charge in [-0.15, -0.1) is 0 Å². The molecule has 0 atom stereocenters. The minimum Gasteiger partial charge on any atom is -0.455 e. The highest BCUT2D eigenvalue weighted by atomic mass is 16.5. The molecule has 0 N–H and O–H groups in total. The van der Waals surface area contributed by atoms with Crippen LogP contribution in [0.5, 0.6) is 11.5 Å². The van der Waals surface area contributed by atoms with E-state index in [9.17, 15) is 0 Å². The molecule has 2 heteroatoms. The number of ether oxygens (including phenoxy) is 1. The maximum absolute atomic E-state index is 5.93. The molecule has 0 fully saturated rings. The Morgan fingerprint density at radius 2 is 1.62 bits per heavy atom. The van der Waals surface area contributed by atoms with Crippen molar-refractivity contribution in [1.29, 1.82) is 0 Å². The van der Waals surface area contributed by atoms with Crippen LogP contribution in [-0.4, -0.2) is 7.05 Å². The predicted octanol–water partition coefficient (Wildman–Crippen LogP) is 3.43. The molecule has 0 spiro atoms. The first-order valence-electron chi connectivity index (χ1n) is 5.40. The standard InChI is InChI=1S/C14H13NO/c1-15-10-11-6-2-4-8-13(11)16-14-9-5-3-7-12(14)15/h2-9H,10H2,1H3. The van der Waals surface area contributed by atoms with E-state index in [0.717, 1.165) is 23.7 Å². The van der Waals surface area contributed by atoms with Crippen LogP contribution < -0.4 is 9.64 Å². The Balaban J connectivity index is 2.15. The van der Waals surface area contributed by atoms with E-state index in [1.165, 1.54) is 5.56 Å². The van der Waals surface area contributed by atoms with Gasteiger partial charge in [0.15, 0.2) is 5.75 Å². The lowest BCUT2D eigenvalue weighted by Gasteiger charge is -2.17. The monoisotopic (exact) mass is 211 g/mol. The van der Waals surface area contributed by atoms with Crippen molar-refractivity contribution in [2.45, 2.75) is 6.54 Å².